The van der Waals surface area contributed by atoms with Crippen molar-refractivity contribution >= 4 is 11.6 Å². The first-order valence-corrected chi connectivity index (χ1v) is 7.91. The highest BCUT2D eigenvalue weighted by Gasteiger charge is 2.23. The van der Waals surface area contributed by atoms with Crippen LogP contribution in [0.15, 0.2) is 34.7 Å². The van der Waals surface area contributed by atoms with Gasteiger partial charge in [0.05, 0.1) is 5.56 Å². The predicted octanol–water partition coefficient (Wildman–Crippen LogP) is 3.43. The van der Waals surface area contributed by atoms with E-state index in [1.807, 2.05) is 13.0 Å². The zero-order chi connectivity index (χ0) is 16.4. The van der Waals surface area contributed by atoms with Gasteiger partial charge < -0.3 is 14.6 Å². The van der Waals surface area contributed by atoms with E-state index in [9.17, 15) is 9.18 Å². The molecule has 1 unspecified atom stereocenters. The number of aryl methyl sites for hydroxylation is 2. The lowest BCUT2D eigenvalue weighted by atomic mass is 10.0. The number of carbonyl (C=O) groups excluding carboxylic acids is 1. The van der Waals surface area contributed by atoms with E-state index in [4.69, 9.17) is 4.42 Å². The summed E-state index contributed by atoms with van der Waals surface area (Å²) in [4.78, 5) is 14.5. The number of furan rings is 1. The van der Waals surface area contributed by atoms with E-state index in [1.165, 1.54) is 12.1 Å². The minimum Gasteiger partial charge on any atom is -0.466 e. The third kappa shape index (κ3) is 3.55. The maximum absolute atomic E-state index is 13.4. The van der Waals surface area contributed by atoms with Crippen molar-refractivity contribution in [2.75, 3.05) is 18.0 Å². The maximum Gasteiger partial charge on any atom is 0.255 e. The molecular formula is C18H21FN2O2. The number of halogens is 1. The van der Waals surface area contributed by atoms with Gasteiger partial charge >= 0.3 is 0 Å². The van der Waals surface area contributed by atoms with Crippen LogP contribution in [-0.4, -0.2) is 25.0 Å². The number of nitrogens with zero attached hydrogens (tertiary/aromatic N) is 1. The van der Waals surface area contributed by atoms with Crippen LogP contribution in [0.2, 0.25) is 0 Å². The van der Waals surface area contributed by atoms with Gasteiger partial charge in [-0.15, -0.1) is 0 Å². The average Bonchev–Trinajstić information content (AvgIpc) is 2.86. The van der Waals surface area contributed by atoms with Crippen molar-refractivity contribution in [2.45, 2.75) is 32.7 Å². The number of rotatable bonds is 3. The van der Waals surface area contributed by atoms with Crippen LogP contribution in [0.5, 0.6) is 0 Å². The summed E-state index contributed by atoms with van der Waals surface area (Å²) >= 11 is 0. The molecule has 1 saturated heterocycles. The largest absolute Gasteiger partial charge is 0.466 e. The molecule has 2 aromatic rings. The highest BCUT2D eigenvalue weighted by atomic mass is 19.1. The fourth-order valence-electron chi connectivity index (χ4n) is 3.12. The zero-order valence-corrected chi connectivity index (χ0v) is 13.4. The molecule has 1 aromatic heterocycles. The van der Waals surface area contributed by atoms with Gasteiger partial charge in [-0.1, -0.05) is 6.07 Å². The van der Waals surface area contributed by atoms with Crippen molar-refractivity contribution in [1.82, 2.24) is 5.32 Å². The molecular weight excluding hydrogens is 295 g/mol. The Morgan fingerprint density at radius 3 is 2.87 bits per heavy atom. The molecule has 5 heteroatoms. The molecule has 0 saturated carbocycles. The van der Waals surface area contributed by atoms with Crippen LogP contribution in [0.25, 0.3) is 0 Å². The average molecular weight is 316 g/mol. The summed E-state index contributed by atoms with van der Waals surface area (Å²) in [7, 11) is 0. The smallest absolute Gasteiger partial charge is 0.255 e. The number of anilines is 1. The van der Waals surface area contributed by atoms with Gasteiger partial charge in [-0.3, -0.25) is 4.79 Å². The molecule has 1 atom stereocenters. The quantitative estimate of drug-likeness (QED) is 0.943. The highest BCUT2D eigenvalue weighted by molar-refractivity contribution is 5.95. The predicted molar refractivity (Wildman–Crippen MR) is 87.3 cm³/mol. The van der Waals surface area contributed by atoms with E-state index >= 15 is 0 Å². The van der Waals surface area contributed by atoms with Gasteiger partial charge in [-0.2, -0.15) is 0 Å². The summed E-state index contributed by atoms with van der Waals surface area (Å²) in [5, 5.41) is 3.07. The second-order valence-corrected chi connectivity index (χ2v) is 6.07. The van der Waals surface area contributed by atoms with Crippen LogP contribution in [0.3, 0.4) is 0 Å². The van der Waals surface area contributed by atoms with Crippen molar-refractivity contribution in [3.05, 3.63) is 53.2 Å². The first-order valence-electron chi connectivity index (χ1n) is 7.91. The fourth-order valence-corrected chi connectivity index (χ4v) is 3.12. The molecule has 0 radical (unpaired) electrons. The molecule has 1 aromatic carbocycles. The molecule has 122 valence electrons. The summed E-state index contributed by atoms with van der Waals surface area (Å²) < 4.78 is 18.8. The summed E-state index contributed by atoms with van der Waals surface area (Å²) in [5.74, 6) is 1.03. The molecule has 1 aliphatic rings. The number of hydrogen-bond donors (Lipinski definition) is 1. The van der Waals surface area contributed by atoms with E-state index < -0.39 is 0 Å². The maximum atomic E-state index is 13.4. The molecule has 0 aliphatic carbocycles. The van der Waals surface area contributed by atoms with Gasteiger partial charge in [0.25, 0.3) is 5.91 Å². The Morgan fingerprint density at radius 2 is 2.17 bits per heavy atom. The van der Waals surface area contributed by atoms with Crippen molar-refractivity contribution in [3.63, 3.8) is 0 Å². The zero-order valence-electron chi connectivity index (χ0n) is 13.4. The Morgan fingerprint density at radius 1 is 1.35 bits per heavy atom. The molecule has 0 bridgehead atoms. The monoisotopic (exact) mass is 316 g/mol. The molecule has 23 heavy (non-hydrogen) atoms. The first kappa shape index (κ1) is 15.6. The third-order valence-corrected chi connectivity index (χ3v) is 4.22. The minimum absolute atomic E-state index is 0.0501. The molecule has 2 heterocycles. The summed E-state index contributed by atoms with van der Waals surface area (Å²) in [6.45, 7) is 5.18. The molecule has 3 rings (SSSR count). The molecule has 1 fully saturated rings. The Labute approximate surface area is 135 Å². The normalized spacial score (nSPS) is 18.0. The minimum atomic E-state index is -0.238. The lowest BCUT2D eigenvalue weighted by Gasteiger charge is -2.34. The molecule has 1 N–H and O–H groups in total. The van der Waals surface area contributed by atoms with Crippen LogP contribution in [0, 0.1) is 19.7 Å². The van der Waals surface area contributed by atoms with Gasteiger partial charge in [0.1, 0.15) is 17.3 Å². The van der Waals surface area contributed by atoms with Crippen molar-refractivity contribution < 1.29 is 13.6 Å². The summed E-state index contributed by atoms with van der Waals surface area (Å²) in [5.41, 5.74) is 1.45. The van der Waals surface area contributed by atoms with Gasteiger partial charge in [-0.05, 0) is 51.0 Å². The van der Waals surface area contributed by atoms with Crippen LogP contribution in [0.1, 0.15) is 34.7 Å². The molecule has 1 amide bonds. The number of piperidine rings is 1. The SMILES string of the molecule is Cc1cc(C(=O)NC2CCCN(c3cccc(F)c3)C2)c(C)o1. The van der Waals surface area contributed by atoms with Crippen LogP contribution < -0.4 is 10.2 Å². The summed E-state index contributed by atoms with van der Waals surface area (Å²) in [6.07, 6.45) is 1.89. The lowest BCUT2D eigenvalue weighted by Crippen LogP contribution is -2.47. The van der Waals surface area contributed by atoms with Crippen LogP contribution in [0.4, 0.5) is 10.1 Å². The second kappa shape index (κ2) is 6.44. The number of carbonyl (C=O) groups is 1. The number of hydrogen-bond acceptors (Lipinski definition) is 3. The van der Waals surface area contributed by atoms with Crippen LogP contribution >= 0.6 is 0 Å². The lowest BCUT2D eigenvalue weighted by molar-refractivity contribution is 0.0931. The second-order valence-electron chi connectivity index (χ2n) is 6.07. The number of benzene rings is 1. The molecule has 0 spiro atoms. The molecule has 4 nitrogen and oxygen atoms in total. The van der Waals surface area contributed by atoms with E-state index in [-0.39, 0.29) is 17.8 Å². The highest BCUT2D eigenvalue weighted by Crippen LogP contribution is 2.21. The summed E-state index contributed by atoms with van der Waals surface area (Å²) in [6, 6.07) is 8.40. The standard InChI is InChI=1S/C18H21FN2O2/c1-12-9-17(13(2)23-12)18(22)20-15-6-4-8-21(11-15)16-7-3-5-14(19)10-16/h3,5,7,9-10,15H,4,6,8,11H2,1-2H3,(H,20,22). The van der Waals surface area contributed by atoms with E-state index in [2.05, 4.69) is 10.2 Å². The Bertz CT molecular complexity index is 711. The topological polar surface area (TPSA) is 45.5 Å². The van der Waals surface area contributed by atoms with Gasteiger partial charge in [0.2, 0.25) is 0 Å². The number of nitrogens with one attached hydrogen (secondary N) is 1. The Hall–Kier alpha value is -2.30. The van der Waals surface area contributed by atoms with Gasteiger partial charge in [0.15, 0.2) is 0 Å². The van der Waals surface area contributed by atoms with Gasteiger partial charge in [-0.25, -0.2) is 4.39 Å². The van der Waals surface area contributed by atoms with Crippen molar-refractivity contribution in [3.8, 4) is 0 Å². The Balaban J connectivity index is 1.67. The fraction of sp³-hybridized carbons (Fsp3) is 0.389. The van der Waals surface area contributed by atoms with Crippen molar-refractivity contribution in [2.24, 2.45) is 0 Å². The van der Waals surface area contributed by atoms with E-state index in [0.717, 1.165) is 30.8 Å². The Kier molecular flexibility index (Phi) is 4.37. The van der Waals surface area contributed by atoms with E-state index in [1.54, 1.807) is 19.1 Å². The van der Waals surface area contributed by atoms with Crippen LogP contribution in [-0.2, 0) is 0 Å². The van der Waals surface area contributed by atoms with Gasteiger partial charge in [0, 0.05) is 24.8 Å². The third-order valence-electron chi connectivity index (χ3n) is 4.22. The number of amides is 1. The van der Waals surface area contributed by atoms with E-state index in [0.29, 0.717) is 17.9 Å². The first-order chi connectivity index (χ1) is 11.0. The molecule has 1 aliphatic heterocycles. The van der Waals surface area contributed by atoms with Crippen molar-refractivity contribution in [1.29, 1.82) is 0 Å².